The Morgan fingerprint density at radius 2 is 2.30 bits per heavy atom. The Bertz CT molecular complexity index is 434. The molecule has 3 nitrogen and oxygen atoms in total. The predicted molar refractivity (Wildman–Crippen MR) is 89.1 cm³/mol. The first-order valence-electron chi connectivity index (χ1n) is 7.75. The van der Waals surface area contributed by atoms with E-state index in [0.29, 0.717) is 12.0 Å². The maximum absolute atomic E-state index is 4.71. The second kappa shape index (κ2) is 7.41. The summed E-state index contributed by atoms with van der Waals surface area (Å²) in [5, 5.41) is 3.50. The monoisotopic (exact) mass is 339 g/mol. The molecular weight excluding hydrogens is 314 g/mol. The molecule has 1 aromatic rings. The second-order valence-electron chi connectivity index (χ2n) is 5.96. The summed E-state index contributed by atoms with van der Waals surface area (Å²) in [5.74, 6) is 1.85. The standard InChI is InChI=1S/C16H26BrN3/c1-4-7-18-10-13-9-14(17)11-19-16(13)20-8-5-6-15(20)12(2)3/h9,11-12,15,18H,4-8,10H2,1-3H3. The zero-order valence-electron chi connectivity index (χ0n) is 12.8. The van der Waals surface area contributed by atoms with Crippen LogP contribution < -0.4 is 10.2 Å². The molecular formula is C16H26BrN3. The molecule has 0 aromatic carbocycles. The third kappa shape index (κ3) is 3.73. The average Bonchev–Trinajstić information content (AvgIpc) is 2.88. The van der Waals surface area contributed by atoms with Crippen LogP contribution >= 0.6 is 15.9 Å². The highest BCUT2D eigenvalue weighted by Gasteiger charge is 2.29. The van der Waals surface area contributed by atoms with Crippen LogP contribution in [0.5, 0.6) is 0 Å². The van der Waals surface area contributed by atoms with Crippen LogP contribution in [-0.2, 0) is 6.54 Å². The summed E-state index contributed by atoms with van der Waals surface area (Å²) in [6.07, 6.45) is 5.66. The molecule has 0 saturated carbocycles. The highest BCUT2D eigenvalue weighted by Crippen LogP contribution is 2.31. The Hall–Kier alpha value is -0.610. The zero-order chi connectivity index (χ0) is 14.5. The fourth-order valence-electron chi connectivity index (χ4n) is 3.01. The lowest BCUT2D eigenvalue weighted by molar-refractivity contribution is 0.488. The van der Waals surface area contributed by atoms with Crippen LogP contribution in [0.1, 0.15) is 45.6 Å². The summed E-state index contributed by atoms with van der Waals surface area (Å²) in [5.41, 5.74) is 1.31. The molecule has 1 saturated heterocycles. The Labute approximate surface area is 131 Å². The average molecular weight is 340 g/mol. The number of halogens is 1. The lowest BCUT2D eigenvalue weighted by Crippen LogP contribution is -2.35. The molecule has 112 valence electrons. The van der Waals surface area contributed by atoms with Crippen LogP contribution in [0.3, 0.4) is 0 Å². The van der Waals surface area contributed by atoms with E-state index in [-0.39, 0.29) is 0 Å². The molecule has 0 bridgehead atoms. The van der Waals surface area contributed by atoms with Crippen molar-refractivity contribution in [2.24, 2.45) is 5.92 Å². The van der Waals surface area contributed by atoms with Gasteiger partial charge in [-0.2, -0.15) is 0 Å². The molecule has 1 unspecified atom stereocenters. The van der Waals surface area contributed by atoms with Gasteiger partial charge in [-0.1, -0.05) is 20.8 Å². The van der Waals surface area contributed by atoms with E-state index in [2.05, 4.69) is 53.0 Å². The lowest BCUT2D eigenvalue weighted by Gasteiger charge is -2.30. The van der Waals surface area contributed by atoms with Gasteiger partial charge in [0.25, 0.3) is 0 Å². The summed E-state index contributed by atoms with van der Waals surface area (Å²) >= 11 is 3.55. The summed E-state index contributed by atoms with van der Waals surface area (Å²) in [6, 6.07) is 2.84. The third-order valence-corrected chi connectivity index (χ3v) is 4.43. The van der Waals surface area contributed by atoms with Crippen molar-refractivity contribution in [2.45, 2.75) is 52.6 Å². The SMILES string of the molecule is CCCNCc1cc(Br)cnc1N1CCCC1C(C)C. The number of nitrogens with one attached hydrogen (secondary N) is 1. The number of rotatable bonds is 6. The molecule has 2 rings (SSSR count). The predicted octanol–water partition coefficient (Wildman–Crippen LogP) is 3.97. The summed E-state index contributed by atoms with van der Waals surface area (Å²) in [6.45, 7) is 9.92. The number of hydrogen-bond acceptors (Lipinski definition) is 3. The maximum atomic E-state index is 4.71. The van der Waals surface area contributed by atoms with E-state index in [4.69, 9.17) is 4.98 Å². The number of hydrogen-bond donors (Lipinski definition) is 1. The van der Waals surface area contributed by atoms with Gasteiger partial charge in [-0.25, -0.2) is 4.98 Å². The smallest absolute Gasteiger partial charge is 0.133 e. The number of nitrogens with zero attached hydrogens (tertiary/aromatic N) is 2. The van der Waals surface area contributed by atoms with Crippen LogP contribution in [0.4, 0.5) is 5.82 Å². The molecule has 1 fully saturated rings. The Balaban J connectivity index is 2.21. The molecule has 1 aliphatic rings. The van der Waals surface area contributed by atoms with Crippen LogP contribution in [0, 0.1) is 5.92 Å². The Morgan fingerprint density at radius 1 is 1.50 bits per heavy atom. The molecule has 1 atom stereocenters. The van der Waals surface area contributed by atoms with E-state index in [9.17, 15) is 0 Å². The largest absolute Gasteiger partial charge is 0.353 e. The van der Waals surface area contributed by atoms with Crippen molar-refractivity contribution in [1.29, 1.82) is 0 Å². The van der Waals surface area contributed by atoms with Crippen molar-refractivity contribution in [3.8, 4) is 0 Å². The van der Waals surface area contributed by atoms with Gasteiger partial charge in [0.05, 0.1) is 0 Å². The number of pyridine rings is 1. The van der Waals surface area contributed by atoms with Crippen LogP contribution in [0.15, 0.2) is 16.7 Å². The van der Waals surface area contributed by atoms with Crippen molar-refractivity contribution in [1.82, 2.24) is 10.3 Å². The summed E-state index contributed by atoms with van der Waals surface area (Å²) < 4.78 is 1.06. The zero-order valence-corrected chi connectivity index (χ0v) is 14.4. The van der Waals surface area contributed by atoms with Gasteiger partial charge in [0.15, 0.2) is 0 Å². The summed E-state index contributed by atoms with van der Waals surface area (Å²) in [7, 11) is 0. The van der Waals surface area contributed by atoms with E-state index in [1.54, 1.807) is 0 Å². The minimum Gasteiger partial charge on any atom is -0.353 e. The van der Waals surface area contributed by atoms with Gasteiger partial charge < -0.3 is 10.2 Å². The van der Waals surface area contributed by atoms with Crippen molar-refractivity contribution < 1.29 is 0 Å². The number of aromatic nitrogens is 1. The normalized spacial score (nSPS) is 19.1. The fraction of sp³-hybridized carbons (Fsp3) is 0.688. The van der Waals surface area contributed by atoms with Gasteiger partial charge in [0.2, 0.25) is 0 Å². The topological polar surface area (TPSA) is 28.2 Å². The molecule has 1 aromatic heterocycles. The van der Waals surface area contributed by atoms with Crippen LogP contribution in [0.2, 0.25) is 0 Å². The molecule has 20 heavy (non-hydrogen) atoms. The third-order valence-electron chi connectivity index (χ3n) is 3.99. The highest BCUT2D eigenvalue weighted by atomic mass is 79.9. The van der Waals surface area contributed by atoms with Gasteiger partial charge in [0.1, 0.15) is 5.82 Å². The molecule has 1 aliphatic heterocycles. The van der Waals surface area contributed by atoms with Crippen LogP contribution in [-0.4, -0.2) is 24.1 Å². The lowest BCUT2D eigenvalue weighted by atomic mass is 10.0. The van der Waals surface area contributed by atoms with Crippen LogP contribution in [0.25, 0.3) is 0 Å². The molecule has 0 amide bonds. The molecule has 2 heterocycles. The van der Waals surface area contributed by atoms with Gasteiger partial charge in [-0.3, -0.25) is 0 Å². The minimum atomic E-state index is 0.633. The van der Waals surface area contributed by atoms with E-state index in [1.807, 2.05) is 6.20 Å². The van der Waals surface area contributed by atoms with Crippen molar-refractivity contribution in [2.75, 3.05) is 18.0 Å². The molecule has 4 heteroatoms. The quantitative estimate of drug-likeness (QED) is 0.795. The first-order chi connectivity index (χ1) is 9.63. The Kier molecular flexibility index (Phi) is 5.85. The fourth-order valence-corrected chi connectivity index (χ4v) is 3.39. The first kappa shape index (κ1) is 15.8. The van der Waals surface area contributed by atoms with Gasteiger partial charge >= 0.3 is 0 Å². The second-order valence-corrected chi connectivity index (χ2v) is 6.88. The molecule has 0 aliphatic carbocycles. The maximum Gasteiger partial charge on any atom is 0.133 e. The van der Waals surface area contributed by atoms with Gasteiger partial charge in [-0.05, 0) is 53.7 Å². The van der Waals surface area contributed by atoms with Gasteiger partial charge in [0, 0.05) is 35.4 Å². The molecule has 0 radical (unpaired) electrons. The first-order valence-corrected chi connectivity index (χ1v) is 8.54. The van der Waals surface area contributed by atoms with E-state index >= 15 is 0 Å². The van der Waals surface area contributed by atoms with Crippen molar-refractivity contribution >= 4 is 21.7 Å². The van der Waals surface area contributed by atoms with E-state index in [1.165, 1.54) is 24.2 Å². The molecule has 0 spiro atoms. The van der Waals surface area contributed by atoms with Crippen molar-refractivity contribution in [3.05, 3.63) is 22.3 Å². The highest BCUT2D eigenvalue weighted by molar-refractivity contribution is 9.10. The summed E-state index contributed by atoms with van der Waals surface area (Å²) in [4.78, 5) is 7.22. The molecule has 1 N–H and O–H groups in total. The number of anilines is 1. The van der Waals surface area contributed by atoms with Crippen molar-refractivity contribution in [3.63, 3.8) is 0 Å². The van der Waals surface area contributed by atoms with E-state index < -0.39 is 0 Å². The Morgan fingerprint density at radius 3 is 3.00 bits per heavy atom. The van der Waals surface area contributed by atoms with Gasteiger partial charge in [-0.15, -0.1) is 0 Å². The van der Waals surface area contributed by atoms with E-state index in [0.717, 1.165) is 30.5 Å². The minimum absolute atomic E-state index is 0.633.